The number of benzene rings is 1. The number of para-hydroxylation sites is 1. The van der Waals surface area contributed by atoms with Gasteiger partial charge in [-0.05, 0) is 6.07 Å². The number of methoxy groups -OCH3 is 1. The molecule has 1 amide bonds. The van der Waals surface area contributed by atoms with Crippen molar-refractivity contribution in [1.29, 1.82) is 0 Å². The largest absolute Gasteiger partial charge is 0.496 e. The van der Waals surface area contributed by atoms with Gasteiger partial charge in [0.05, 0.1) is 13.5 Å². The van der Waals surface area contributed by atoms with Gasteiger partial charge in [0, 0.05) is 31.0 Å². The van der Waals surface area contributed by atoms with Gasteiger partial charge in [-0.25, -0.2) is 0 Å². The first-order valence-electron chi connectivity index (χ1n) is 6.54. The van der Waals surface area contributed by atoms with Gasteiger partial charge in [0.25, 0.3) is 0 Å². The Morgan fingerprint density at radius 1 is 1.42 bits per heavy atom. The van der Waals surface area contributed by atoms with Crippen LogP contribution in [-0.2, 0) is 16.0 Å². The molecule has 4 nitrogen and oxygen atoms in total. The molecule has 1 unspecified atom stereocenters. The third-order valence-electron chi connectivity index (χ3n) is 3.56. The lowest BCUT2D eigenvalue weighted by Gasteiger charge is -2.30. The number of carbonyl (C=O) groups excluding carboxylic acids is 2. The highest BCUT2D eigenvalue weighted by Crippen LogP contribution is 2.20. The lowest BCUT2D eigenvalue weighted by Crippen LogP contribution is -2.43. The van der Waals surface area contributed by atoms with Gasteiger partial charge in [0.2, 0.25) is 5.91 Å². The van der Waals surface area contributed by atoms with Crippen molar-refractivity contribution in [2.75, 3.05) is 20.2 Å². The van der Waals surface area contributed by atoms with Crippen LogP contribution in [0, 0.1) is 5.92 Å². The Morgan fingerprint density at radius 3 is 2.84 bits per heavy atom. The fourth-order valence-corrected chi connectivity index (χ4v) is 2.37. The summed E-state index contributed by atoms with van der Waals surface area (Å²) in [5.41, 5.74) is 0.888. The fourth-order valence-electron chi connectivity index (χ4n) is 2.37. The predicted molar refractivity (Wildman–Crippen MR) is 72.1 cm³/mol. The Morgan fingerprint density at radius 2 is 2.16 bits per heavy atom. The van der Waals surface area contributed by atoms with E-state index in [-0.39, 0.29) is 17.6 Å². The number of rotatable bonds is 3. The highest BCUT2D eigenvalue weighted by molar-refractivity contribution is 5.86. The summed E-state index contributed by atoms with van der Waals surface area (Å²) in [4.78, 5) is 25.5. The molecule has 0 spiro atoms. The number of hydrogen-bond donors (Lipinski definition) is 0. The Hall–Kier alpha value is -1.84. The molecular weight excluding hydrogens is 242 g/mol. The van der Waals surface area contributed by atoms with Gasteiger partial charge in [0.15, 0.2) is 0 Å². The summed E-state index contributed by atoms with van der Waals surface area (Å²) in [6, 6.07) is 7.53. The second-order valence-electron chi connectivity index (χ2n) is 4.95. The topological polar surface area (TPSA) is 46.6 Å². The minimum Gasteiger partial charge on any atom is -0.496 e. The van der Waals surface area contributed by atoms with Crippen molar-refractivity contribution in [2.24, 2.45) is 5.92 Å². The number of ether oxygens (including phenoxy) is 1. The summed E-state index contributed by atoms with van der Waals surface area (Å²) in [5.74, 6) is 0.998. The van der Waals surface area contributed by atoms with Gasteiger partial charge in [-0.15, -0.1) is 0 Å². The average Bonchev–Trinajstić information content (AvgIpc) is 2.42. The number of nitrogens with zero attached hydrogens (tertiary/aromatic N) is 1. The molecule has 1 fully saturated rings. The summed E-state index contributed by atoms with van der Waals surface area (Å²) in [5, 5.41) is 0. The van der Waals surface area contributed by atoms with Crippen molar-refractivity contribution in [3.63, 3.8) is 0 Å². The van der Waals surface area contributed by atoms with E-state index in [2.05, 4.69) is 0 Å². The lowest BCUT2D eigenvalue weighted by molar-refractivity contribution is -0.136. The van der Waals surface area contributed by atoms with Gasteiger partial charge in [-0.1, -0.05) is 25.1 Å². The Balaban J connectivity index is 2.03. The van der Waals surface area contributed by atoms with Crippen molar-refractivity contribution in [2.45, 2.75) is 19.8 Å². The van der Waals surface area contributed by atoms with Crippen LogP contribution in [0.2, 0.25) is 0 Å². The first kappa shape index (κ1) is 13.6. The van der Waals surface area contributed by atoms with Crippen molar-refractivity contribution in [3.8, 4) is 5.75 Å². The maximum absolute atomic E-state index is 12.2. The predicted octanol–water partition coefficient (Wildman–Crippen LogP) is 1.68. The number of Topliss-reactive ketones (excluding diaryl/α,β-unsaturated/α-hetero) is 1. The Bertz CT molecular complexity index is 484. The molecule has 102 valence electrons. The zero-order chi connectivity index (χ0) is 13.8. The van der Waals surface area contributed by atoms with Crippen LogP contribution >= 0.6 is 0 Å². The monoisotopic (exact) mass is 261 g/mol. The summed E-state index contributed by atoms with van der Waals surface area (Å²) in [6.07, 6.45) is 0.795. The van der Waals surface area contributed by atoms with Crippen LogP contribution in [0.4, 0.5) is 0 Å². The minimum absolute atomic E-state index is 0.0460. The Kier molecular flexibility index (Phi) is 4.20. The maximum atomic E-state index is 12.2. The van der Waals surface area contributed by atoms with Crippen molar-refractivity contribution < 1.29 is 14.3 Å². The van der Waals surface area contributed by atoms with Crippen LogP contribution < -0.4 is 4.74 Å². The molecule has 1 aliphatic rings. The lowest BCUT2D eigenvalue weighted by atomic mass is 9.98. The molecule has 1 saturated heterocycles. The second-order valence-corrected chi connectivity index (χ2v) is 4.95. The summed E-state index contributed by atoms with van der Waals surface area (Å²) in [7, 11) is 1.60. The molecule has 1 aromatic rings. The van der Waals surface area contributed by atoms with Crippen LogP contribution in [-0.4, -0.2) is 36.8 Å². The number of carbonyl (C=O) groups is 2. The first-order valence-corrected chi connectivity index (χ1v) is 6.54. The smallest absolute Gasteiger partial charge is 0.227 e. The van der Waals surface area contributed by atoms with E-state index in [9.17, 15) is 9.59 Å². The van der Waals surface area contributed by atoms with Gasteiger partial charge in [-0.2, -0.15) is 0 Å². The summed E-state index contributed by atoms with van der Waals surface area (Å²) < 4.78 is 5.25. The molecule has 1 atom stereocenters. The van der Waals surface area contributed by atoms with Crippen LogP contribution in [0.25, 0.3) is 0 Å². The van der Waals surface area contributed by atoms with Gasteiger partial charge in [-0.3, -0.25) is 9.59 Å². The van der Waals surface area contributed by atoms with E-state index in [1.54, 1.807) is 12.0 Å². The second kappa shape index (κ2) is 5.87. The van der Waals surface area contributed by atoms with E-state index in [4.69, 9.17) is 4.74 Å². The molecule has 0 aliphatic carbocycles. The first-order chi connectivity index (χ1) is 9.11. The maximum Gasteiger partial charge on any atom is 0.227 e. The summed E-state index contributed by atoms with van der Waals surface area (Å²) >= 11 is 0. The van der Waals surface area contributed by atoms with E-state index in [1.807, 2.05) is 31.2 Å². The van der Waals surface area contributed by atoms with Crippen molar-refractivity contribution in [3.05, 3.63) is 29.8 Å². The Labute approximate surface area is 113 Å². The number of hydrogen-bond acceptors (Lipinski definition) is 3. The third kappa shape index (κ3) is 3.13. The third-order valence-corrected chi connectivity index (χ3v) is 3.56. The van der Waals surface area contributed by atoms with Gasteiger partial charge in [0.1, 0.15) is 11.5 Å². The number of amides is 1. The molecule has 2 rings (SSSR count). The fraction of sp³-hybridized carbons (Fsp3) is 0.467. The van der Waals surface area contributed by atoms with Crippen LogP contribution in [0.1, 0.15) is 18.9 Å². The van der Waals surface area contributed by atoms with Crippen LogP contribution in [0.5, 0.6) is 5.75 Å². The van der Waals surface area contributed by atoms with E-state index in [0.717, 1.165) is 11.3 Å². The highest BCUT2D eigenvalue weighted by atomic mass is 16.5. The SMILES string of the molecule is COc1ccccc1CC(=O)N1CCC(=O)C(C)C1. The number of ketones is 1. The molecule has 4 heteroatoms. The van der Waals surface area contributed by atoms with Crippen LogP contribution in [0.15, 0.2) is 24.3 Å². The van der Waals surface area contributed by atoms with E-state index >= 15 is 0 Å². The van der Waals surface area contributed by atoms with Crippen molar-refractivity contribution in [1.82, 2.24) is 4.90 Å². The molecular formula is C15H19NO3. The molecule has 1 heterocycles. The van der Waals surface area contributed by atoms with Crippen LogP contribution in [0.3, 0.4) is 0 Å². The normalized spacial score (nSPS) is 19.4. The van der Waals surface area contributed by atoms with Gasteiger partial charge < -0.3 is 9.64 Å². The zero-order valence-corrected chi connectivity index (χ0v) is 11.4. The molecule has 0 N–H and O–H groups in total. The average molecular weight is 261 g/mol. The van der Waals surface area contributed by atoms with E-state index in [0.29, 0.717) is 25.9 Å². The molecule has 0 radical (unpaired) electrons. The quantitative estimate of drug-likeness (QED) is 0.831. The molecule has 1 aromatic carbocycles. The standard InChI is InChI=1S/C15H19NO3/c1-11-10-16(8-7-13(11)17)15(18)9-12-5-3-4-6-14(12)19-2/h3-6,11H,7-10H2,1-2H3. The van der Waals surface area contributed by atoms with E-state index < -0.39 is 0 Å². The van der Waals surface area contributed by atoms with Crippen molar-refractivity contribution >= 4 is 11.7 Å². The minimum atomic E-state index is -0.0460. The molecule has 0 bridgehead atoms. The molecule has 0 saturated carbocycles. The van der Waals surface area contributed by atoms with E-state index in [1.165, 1.54) is 0 Å². The number of likely N-dealkylation sites (tertiary alicyclic amines) is 1. The highest BCUT2D eigenvalue weighted by Gasteiger charge is 2.26. The summed E-state index contributed by atoms with van der Waals surface area (Å²) in [6.45, 7) is 2.95. The van der Waals surface area contributed by atoms with Gasteiger partial charge >= 0.3 is 0 Å². The molecule has 19 heavy (non-hydrogen) atoms. The number of piperidine rings is 1. The zero-order valence-electron chi connectivity index (χ0n) is 11.4. The molecule has 0 aromatic heterocycles. The molecule has 1 aliphatic heterocycles.